The van der Waals surface area contributed by atoms with Gasteiger partial charge in [0, 0.05) is 12.4 Å². The number of aromatic nitrogens is 1. The van der Waals surface area contributed by atoms with Crippen LogP contribution in [0.4, 0.5) is 0 Å². The number of aryl methyl sites for hydroxylation is 1. The molecular formula is C21H19N. The maximum atomic E-state index is 4.13. The summed E-state index contributed by atoms with van der Waals surface area (Å²) in [6.07, 6.45) is 6.93. The monoisotopic (exact) mass is 285 g/mol. The summed E-state index contributed by atoms with van der Waals surface area (Å²) in [6, 6.07) is 17.7. The van der Waals surface area contributed by atoms with Gasteiger partial charge in [-0.2, -0.15) is 0 Å². The SMILES string of the molecule is CCc1ccc2c(c1Cc1ccncc1)Cc1ccccc1-2. The second kappa shape index (κ2) is 5.42. The molecule has 3 aromatic rings. The van der Waals surface area contributed by atoms with Crippen molar-refractivity contribution in [2.75, 3.05) is 0 Å². The number of fused-ring (bicyclic) bond motifs is 3. The molecule has 0 saturated carbocycles. The van der Waals surface area contributed by atoms with Crippen molar-refractivity contribution in [1.29, 1.82) is 0 Å². The van der Waals surface area contributed by atoms with Crippen LogP contribution in [0.2, 0.25) is 0 Å². The molecule has 0 aliphatic heterocycles. The van der Waals surface area contributed by atoms with Crippen LogP contribution in [-0.4, -0.2) is 4.98 Å². The Morgan fingerprint density at radius 2 is 1.73 bits per heavy atom. The Balaban J connectivity index is 1.84. The van der Waals surface area contributed by atoms with Crippen molar-refractivity contribution in [2.24, 2.45) is 0 Å². The first-order valence-corrected chi connectivity index (χ1v) is 7.97. The van der Waals surface area contributed by atoms with Crippen molar-refractivity contribution in [3.8, 4) is 11.1 Å². The van der Waals surface area contributed by atoms with Crippen LogP contribution < -0.4 is 0 Å². The summed E-state index contributed by atoms with van der Waals surface area (Å²) in [5.74, 6) is 0. The third-order valence-corrected chi connectivity index (χ3v) is 4.71. The van der Waals surface area contributed by atoms with Gasteiger partial charge in [0.1, 0.15) is 0 Å². The molecule has 0 unspecified atom stereocenters. The largest absolute Gasteiger partial charge is 0.265 e. The van der Waals surface area contributed by atoms with Crippen molar-refractivity contribution < 1.29 is 0 Å². The normalized spacial score (nSPS) is 12.0. The number of nitrogens with zero attached hydrogens (tertiary/aromatic N) is 1. The Labute approximate surface area is 131 Å². The molecule has 0 fully saturated rings. The highest BCUT2D eigenvalue weighted by Crippen LogP contribution is 2.40. The molecule has 1 aliphatic rings. The van der Waals surface area contributed by atoms with Crippen LogP contribution in [0.1, 0.15) is 34.7 Å². The molecule has 0 amide bonds. The van der Waals surface area contributed by atoms with E-state index in [1.807, 2.05) is 12.4 Å². The molecule has 4 rings (SSSR count). The summed E-state index contributed by atoms with van der Waals surface area (Å²) in [7, 11) is 0. The maximum absolute atomic E-state index is 4.13. The van der Waals surface area contributed by atoms with Gasteiger partial charge in [-0.1, -0.05) is 43.3 Å². The van der Waals surface area contributed by atoms with E-state index in [0.717, 1.165) is 19.3 Å². The van der Waals surface area contributed by atoms with Crippen LogP contribution in [0.5, 0.6) is 0 Å². The van der Waals surface area contributed by atoms with Crippen molar-refractivity contribution in [3.05, 3.63) is 88.7 Å². The van der Waals surface area contributed by atoms with E-state index < -0.39 is 0 Å². The van der Waals surface area contributed by atoms with Crippen LogP contribution in [0.15, 0.2) is 60.9 Å². The van der Waals surface area contributed by atoms with Gasteiger partial charge in [-0.25, -0.2) is 0 Å². The Kier molecular flexibility index (Phi) is 3.27. The zero-order valence-corrected chi connectivity index (χ0v) is 12.8. The fourth-order valence-electron chi connectivity index (χ4n) is 3.58. The molecule has 1 aliphatic carbocycles. The summed E-state index contributed by atoms with van der Waals surface area (Å²) in [5, 5.41) is 0. The number of hydrogen-bond acceptors (Lipinski definition) is 1. The van der Waals surface area contributed by atoms with Gasteiger partial charge in [-0.15, -0.1) is 0 Å². The first kappa shape index (κ1) is 13.3. The quantitative estimate of drug-likeness (QED) is 0.526. The van der Waals surface area contributed by atoms with Gasteiger partial charge in [0.2, 0.25) is 0 Å². The Morgan fingerprint density at radius 1 is 0.909 bits per heavy atom. The molecule has 22 heavy (non-hydrogen) atoms. The van der Waals surface area contributed by atoms with Crippen LogP contribution in [0.3, 0.4) is 0 Å². The number of hydrogen-bond donors (Lipinski definition) is 0. The molecule has 1 aromatic heterocycles. The maximum Gasteiger partial charge on any atom is 0.0270 e. The van der Waals surface area contributed by atoms with Gasteiger partial charge in [0.05, 0.1) is 0 Å². The number of rotatable bonds is 3. The Bertz CT molecular complexity index is 819. The first-order chi connectivity index (χ1) is 10.9. The molecule has 2 aromatic carbocycles. The van der Waals surface area contributed by atoms with Gasteiger partial charge >= 0.3 is 0 Å². The molecule has 0 radical (unpaired) electrons. The second-order valence-electron chi connectivity index (χ2n) is 5.95. The van der Waals surface area contributed by atoms with Crippen LogP contribution in [0.25, 0.3) is 11.1 Å². The summed E-state index contributed by atoms with van der Waals surface area (Å²) in [4.78, 5) is 4.13. The Hall–Kier alpha value is -2.41. The molecule has 1 heterocycles. The van der Waals surface area contributed by atoms with Crippen LogP contribution in [0, 0.1) is 0 Å². The molecule has 1 nitrogen and oxygen atoms in total. The van der Waals surface area contributed by atoms with Crippen LogP contribution >= 0.6 is 0 Å². The highest BCUT2D eigenvalue weighted by Gasteiger charge is 2.22. The fourth-order valence-corrected chi connectivity index (χ4v) is 3.58. The van der Waals surface area contributed by atoms with Crippen molar-refractivity contribution in [3.63, 3.8) is 0 Å². The van der Waals surface area contributed by atoms with E-state index in [0.29, 0.717) is 0 Å². The molecule has 0 bridgehead atoms. The van der Waals surface area contributed by atoms with Crippen molar-refractivity contribution in [2.45, 2.75) is 26.2 Å². The van der Waals surface area contributed by atoms with E-state index in [2.05, 4.69) is 60.4 Å². The van der Waals surface area contributed by atoms with E-state index in [1.165, 1.54) is 38.9 Å². The predicted molar refractivity (Wildman–Crippen MR) is 91.1 cm³/mol. The average molecular weight is 285 g/mol. The topological polar surface area (TPSA) is 12.9 Å². The van der Waals surface area contributed by atoms with Gasteiger partial charge in [0.15, 0.2) is 0 Å². The highest BCUT2D eigenvalue weighted by molar-refractivity contribution is 5.78. The smallest absolute Gasteiger partial charge is 0.0270 e. The zero-order valence-electron chi connectivity index (χ0n) is 12.8. The average Bonchev–Trinajstić information content (AvgIpc) is 2.95. The molecule has 0 saturated heterocycles. The highest BCUT2D eigenvalue weighted by atomic mass is 14.6. The van der Waals surface area contributed by atoms with Crippen molar-refractivity contribution >= 4 is 0 Å². The zero-order chi connectivity index (χ0) is 14.9. The van der Waals surface area contributed by atoms with E-state index in [9.17, 15) is 0 Å². The predicted octanol–water partition coefficient (Wildman–Crippen LogP) is 4.81. The lowest BCUT2D eigenvalue weighted by molar-refractivity contribution is 1.03. The lowest BCUT2D eigenvalue weighted by Crippen LogP contribution is -2.00. The summed E-state index contributed by atoms with van der Waals surface area (Å²) in [6.45, 7) is 2.25. The van der Waals surface area contributed by atoms with Gasteiger partial charge in [0.25, 0.3) is 0 Å². The van der Waals surface area contributed by atoms with E-state index >= 15 is 0 Å². The third kappa shape index (κ3) is 2.14. The standard InChI is InChI=1S/C21H19N/c1-2-16-7-8-19-18-6-4-3-5-17(18)14-21(19)20(16)13-15-9-11-22-12-10-15/h3-12H,2,13-14H2,1H3. The summed E-state index contributed by atoms with van der Waals surface area (Å²) in [5.41, 5.74) is 10.2. The molecule has 0 atom stereocenters. The lowest BCUT2D eigenvalue weighted by atomic mass is 9.91. The number of pyridine rings is 1. The van der Waals surface area contributed by atoms with Crippen LogP contribution in [-0.2, 0) is 19.3 Å². The summed E-state index contributed by atoms with van der Waals surface area (Å²) >= 11 is 0. The minimum absolute atomic E-state index is 1.00. The van der Waals surface area contributed by atoms with Crippen molar-refractivity contribution in [1.82, 2.24) is 4.98 Å². The fraction of sp³-hybridized carbons (Fsp3) is 0.190. The molecule has 0 N–H and O–H groups in total. The van der Waals surface area contributed by atoms with Gasteiger partial charge in [-0.3, -0.25) is 4.98 Å². The lowest BCUT2D eigenvalue weighted by Gasteiger charge is -2.14. The Morgan fingerprint density at radius 3 is 2.55 bits per heavy atom. The molecule has 0 spiro atoms. The molecular weight excluding hydrogens is 266 g/mol. The van der Waals surface area contributed by atoms with E-state index in [1.54, 1.807) is 0 Å². The third-order valence-electron chi connectivity index (χ3n) is 4.71. The number of benzene rings is 2. The van der Waals surface area contributed by atoms with E-state index in [4.69, 9.17) is 0 Å². The summed E-state index contributed by atoms with van der Waals surface area (Å²) < 4.78 is 0. The second-order valence-corrected chi connectivity index (χ2v) is 5.95. The minimum atomic E-state index is 1.00. The molecule has 108 valence electrons. The first-order valence-electron chi connectivity index (χ1n) is 7.97. The van der Waals surface area contributed by atoms with Gasteiger partial charge < -0.3 is 0 Å². The van der Waals surface area contributed by atoms with E-state index in [-0.39, 0.29) is 0 Å². The molecule has 1 heteroatoms. The van der Waals surface area contributed by atoms with Gasteiger partial charge in [-0.05, 0) is 70.3 Å². The minimum Gasteiger partial charge on any atom is -0.265 e.